The molecule has 0 spiro atoms. The molecule has 150 valence electrons. The van der Waals surface area contributed by atoms with Gasteiger partial charge in [-0.1, -0.05) is 6.07 Å². The van der Waals surface area contributed by atoms with E-state index < -0.39 is 12.0 Å². The zero-order valence-corrected chi connectivity index (χ0v) is 16.0. The largest absolute Gasteiger partial charge is 0.496 e. The Bertz CT molecular complexity index is 1200. The van der Waals surface area contributed by atoms with Gasteiger partial charge in [0.25, 0.3) is 0 Å². The summed E-state index contributed by atoms with van der Waals surface area (Å²) in [6.45, 7) is 0.365. The molecule has 0 atom stereocenters. The fourth-order valence-corrected chi connectivity index (χ4v) is 3.17. The van der Waals surface area contributed by atoms with Crippen LogP contribution in [0.4, 0.5) is 13.2 Å². The highest BCUT2D eigenvalue weighted by molar-refractivity contribution is 6.28. The molecular formula is C18H14ClF3N6O. The molecule has 1 aromatic carbocycles. The molecule has 4 aromatic rings. The van der Waals surface area contributed by atoms with Gasteiger partial charge in [0.1, 0.15) is 5.75 Å². The molecule has 0 aliphatic carbocycles. The quantitative estimate of drug-likeness (QED) is 0.466. The number of ether oxygens (including phenoxy) is 1. The average Bonchev–Trinajstić information content (AvgIpc) is 3.25. The molecule has 0 saturated carbocycles. The number of fused-ring (bicyclic) bond motifs is 1. The Morgan fingerprint density at radius 3 is 2.66 bits per heavy atom. The fraction of sp³-hybridized carbons (Fsp3) is 0.222. The van der Waals surface area contributed by atoms with Gasteiger partial charge in [0, 0.05) is 25.0 Å². The highest BCUT2D eigenvalue weighted by atomic mass is 35.5. The lowest BCUT2D eigenvalue weighted by molar-refractivity contribution is -0.146. The van der Waals surface area contributed by atoms with E-state index in [9.17, 15) is 13.2 Å². The lowest BCUT2D eigenvalue weighted by Crippen LogP contribution is -2.12. The summed E-state index contributed by atoms with van der Waals surface area (Å²) in [5.74, 6) is -0.573. The zero-order valence-electron chi connectivity index (χ0n) is 15.3. The number of rotatable bonds is 4. The number of aromatic nitrogens is 6. The molecule has 0 amide bonds. The smallest absolute Gasteiger partial charge is 0.449 e. The number of benzene rings is 1. The van der Waals surface area contributed by atoms with Gasteiger partial charge in [0.15, 0.2) is 5.65 Å². The van der Waals surface area contributed by atoms with Crippen LogP contribution in [-0.4, -0.2) is 36.4 Å². The minimum absolute atomic E-state index is 0.114. The number of alkyl halides is 3. The molecule has 0 bridgehead atoms. The zero-order chi connectivity index (χ0) is 20.8. The molecule has 0 radical (unpaired) electrons. The van der Waals surface area contributed by atoms with Crippen molar-refractivity contribution >= 4 is 22.6 Å². The van der Waals surface area contributed by atoms with E-state index >= 15 is 0 Å². The van der Waals surface area contributed by atoms with Crippen LogP contribution >= 0.6 is 11.6 Å². The van der Waals surface area contributed by atoms with E-state index in [-0.39, 0.29) is 11.0 Å². The summed E-state index contributed by atoms with van der Waals surface area (Å²) in [6, 6.07) is 5.17. The number of imidazole rings is 1. The summed E-state index contributed by atoms with van der Waals surface area (Å²) in [4.78, 5) is 11.8. The van der Waals surface area contributed by atoms with Crippen LogP contribution in [0.25, 0.3) is 22.3 Å². The average molecular weight is 423 g/mol. The Morgan fingerprint density at radius 1 is 1.17 bits per heavy atom. The standard InChI is InChI=1S/C18H14ClF3N6O/c1-27-9-13(25-16(27)18(20,21)22)12-4-3-10(5-14(12)29-2)8-28-15-11(7-24-28)6-23-17(19)26-15/h3-7,9H,8H2,1-2H3. The maximum absolute atomic E-state index is 13.0. The van der Waals surface area contributed by atoms with E-state index in [0.717, 1.165) is 15.5 Å². The molecule has 11 heteroatoms. The second-order valence-corrected chi connectivity index (χ2v) is 6.65. The van der Waals surface area contributed by atoms with E-state index in [4.69, 9.17) is 16.3 Å². The molecule has 0 unspecified atom stereocenters. The third-order valence-corrected chi connectivity index (χ3v) is 4.53. The summed E-state index contributed by atoms with van der Waals surface area (Å²) in [7, 11) is 2.75. The first-order valence-electron chi connectivity index (χ1n) is 8.38. The SMILES string of the molecule is COc1cc(Cn2ncc3cnc(Cl)nc32)ccc1-c1cn(C)c(C(F)(F)F)n1. The van der Waals surface area contributed by atoms with Gasteiger partial charge >= 0.3 is 6.18 Å². The minimum atomic E-state index is -4.54. The molecule has 29 heavy (non-hydrogen) atoms. The predicted molar refractivity (Wildman–Crippen MR) is 99.6 cm³/mol. The number of aryl methyl sites for hydroxylation is 1. The number of halogens is 4. The van der Waals surface area contributed by atoms with Crippen molar-refractivity contribution in [2.45, 2.75) is 12.7 Å². The van der Waals surface area contributed by atoms with Crippen LogP contribution in [0.5, 0.6) is 5.75 Å². The molecule has 0 saturated heterocycles. The van der Waals surface area contributed by atoms with Gasteiger partial charge in [-0.2, -0.15) is 23.3 Å². The van der Waals surface area contributed by atoms with Gasteiger partial charge in [0.2, 0.25) is 11.1 Å². The normalized spacial score (nSPS) is 11.9. The van der Waals surface area contributed by atoms with Crippen molar-refractivity contribution < 1.29 is 17.9 Å². The van der Waals surface area contributed by atoms with Gasteiger partial charge in [-0.3, -0.25) is 0 Å². The number of methoxy groups -OCH3 is 1. The first kappa shape index (κ1) is 19.2. The topological polar surface area (TPSA) is 70.7 Å². The molecule has 0 aliphatic heterocycles. The lowest BCUT2D eigenvalue weighted by atomic mass is 10.1. The summed E-state index contributed by atoms with van der Waals surface area (Å²) >= 11 is 5.86. The Kier molecular flexibility index (Phi) is 4.65. The van der Waals surface area contributed by atoms with Crippen LogP contribution < -0.4 is 4.74 Å². The first-order chi connectivity index (χ1) is 13.8. The molecule has 0 aliphatic rings. The van der Waals surface area contributed by atoms with Gasteiger partial charge in [0.05, 0.1) is 30.9 Å². The molecular weight excluding hydrogens is 409 g/mol. The maximum atomic E-state index is 13.0. The Morgan fingerprint density at radius 2 is 1.97 bits per heavy atom. The van der Waals surface area contributed by atoms with E-state index in [2.05, 4.69) is 20.1 Å². The minimum Gasteiger partial charge on any atom is -0.496 e. The second kappa shape index (κ2) is 7.03. The van der Waals surface area contributed by atoms with Crippen LogP contribution in [0.1, 0.15) is 11.4 Å². The van der Waals surface area contributed by atoms with Crippen molar-refractivity contribution in [1.82, 2.24) is 29.3 Å². The molecule has 3 heterocycles. The van der Waals surface area contributed by atoms with Crippen LogP contribution in [0.2, 0.25) is 5.28 Å². The van der Waals surface area contributed by atoms with Gasteiger partial charge in [-0.15, -0.1) is 0 Å². The van der Waals surface area contributed by atoms with Gasteiger partial charge in [-0.25, -0.2) is 14.6 Å². The summed E-state index contributed by atoms with van der Waals surface area (Å²) in [6.07, 6.45) is -0.00823. The Balaban J connectivity index is 1.69. The highest BCUT2D eigenvalue weighted by Gasteiger charge is 2.36. The molecule has 4 rings (SSSR count). The van der Waals surface area contributed by atoms with Crippen molar-refractivity contribution in [1.29, 1.82) is 0 Å². The summed E-state index contributed by atoms with van der Waals surface area (Å²) < 4.78 is 47.1. The van der Waals surface area contributed by atoms with Crippen LogP contribution in [0.3, 0.4) is 0 Å². The van der Waals surface area contributed by atoms with E-state index in [1.165, 1.54) is 20.4 Å². The number of nitrogens with zero attached hydrogens (tertiary/aromatic N) is 6. The highest BCUT2D eigenvalue weighted by Crippen LogP contribution is 2.34. The van der Waals surface area contributed by atoms with E-state index in [1.54, 1.807) is 35.3 Å². The van der Waals surface area contributed by atoms with Gasteiger partial charge in [-0.05, 0) is 29.3 Å². The Hall–Kier alpha value is -3.14. The third-order valence-electron chi connectivity index (χ3n) is 4.35. The Labute approximate surface area is 167 Å². The van der Waals surface area contributed by atoms with Crippen LogP contribution in [0.15, 0.2) is 36.8 Å². The fourth-order valence-electron chi connectivity index (χ4n) is 3.04. The van der Waals surface area contributed by atoms with Crippen LogP contribution in [0, 0.1) is 0 Å². The van der Waals surface area contributed by atoms with Crippen molar-refractivity contribution in [3.05, 3.63) is 53.5 Å². The predicted octanol–water partition coefficient (Wildman–Crippen LogP) is 3.96. The maximum Gasteiger partial charge on any atom is 0.449 e. The second-order valence-electron chi connectivity index (χ2n) is 6.31. The lowest BCUT2D eigenvalue weighted by Gasteiger charge is -2.10. The number of hydrogen-bond donors (Lipinski definition) is 0. The van der Waals surface area contributed by atoms with Crippen molar-refractivity contribution in [2.24, 2.45) is 7.05 Å². The molecule has 0 fully saturated rings. The number of hydrogen-bond acceptors (Lipinski definition) is 5. The molecule has 7 nitrogen and oxygen atoms in total. The molecule has 3 aromatic heterocycles. The van der Waals surface area contributed by atoms with Crippen molar-refractivity contribution in [3.63, 3.8) is 0 Å². The molecule has 0 N–H and O–H groups in total. The van der Waals surface area contributed by atoms with E-state index in [0.29, 0.717) is 23.5 Å². The monoisotopic (exact) mass is 422 g/mol. The van der Waals surface area contributed by atoms with Crippen LogP contribution in [-0.2, 0) is 19.8 Å². The van der Waals surface area contributed by atoms with Crippen molar-refractivity contribution in [2.75, 3.05) is 7.11 Å². The summed E-state index contributed by atoms with van der Waals surface area (Å²) in [5.41, 5.74) is 2.02. The van der Waals surface area contributed by atoms with Crippen molar-refractivity contribution in [3.8, 4) is 17.0 Å². The first-order valence-corrected chi connectivity index (χ1v) is 8.76. The third kappa shape index (κ3) is 3.63. The summed E-state index contributed by atoms with van der Waals surface area (Å²) in [5, 5.41) is 5.14. The van der Waals surface area contributed by atoms with E-state index in [1.807, 2.05) is 0 Å². The van der Waals surface area contributed by atoms with Gasteiger partial charge < -0.3 is 9.30 Å².